The number of halogens is 2. The van der Waals surface area contributed by atoms with Gasteiger partial charge in [0.2, 0.25) is 0 Å². The molecule has 0 bridgehead atoms. The zero-order valence-electron chi connectivity index (χ0n) is 10.8. The smallest absolute Gasteiger partial charge is 0.267 e. The lowest BCUT2D eigenvalue weighted by atomic mass is 10.2. The van der Waals surface area contributed by atoms with Crippen LogP contribution >= 0.6 is 23.2 Å². The van der Waals surface area contributed by atoms with Crippen molar-refractivity contribution in [1.29, 1.82) is 0 Å². The van der Waals surface area contributed by atoms with Gasteiger partial charge in [-0.1, -0.05) is 41.4 Å². The lowest BCUT2D eigenvalue weighted by Crippen LogP contribution is -2.38. The minimum Gasteiger partial charge on any atom is -0.489 e. The molecular weight excluding hydrogens is 333 g/mol. The molecule has 4 nitrogen and oxygen atoms in total. The third-order valence-electron chi connectivity index (χ3n) is 3.15. The normalized spacial score (nSPS) is 14.5. The molecule has 1 aliphatic heterocycles. The maximum Gasteiger partial charge on any atom is 0.267 e. The highest BCUT2D eigenvalue weighted by molar-refractivity contribution is 7.93. The van der Waals surface area contributed by atoms with E-state index in [1.807, 2.05) is 0 Å². The SMILES string of the molecule is O=S(=O)(c1c(Cl)cccc1Cl)N1CCOc2ccccc21. The molecule has 0 saturated heterocycles. The maximum absolute atomic E-state index is 12.9. The summed E-state index contributed by atoms with van der Waals surface area (Å²) in [5.74, 6) is 0.524. The Morgan fingerprint density at radius 3 is 2.38 bits per heavy atom. The van der Waals surface area contributed by atoms with Gasteiger partial charge in [-0.2, -0.15) is 0 Å². The summed E-state index contributed by atoms with van der Waals surface area (Å²) in [6.45, 7) is 0.485. The summed E-state index contributed by atoms with van der Waals surface area (Å²) < 4.78 is 32.5. The number of rotatable bonds is 2. The number of benzene rings is 2. The molecule has 0 aliphatic carbocycles. The molecular formula is C14H11Cl2NO3S. The van der Waals surface area contributed by atoms with Crippen molar-refractivity contribution in [3.05, 3.63) is 52.5 Å². The van der Waals surface area contributed by atoms with Gasteiger partial charge in [0.1, 0.15) is 17.3 Å². The molecule has 0 amide bonds. The third-order valence-corrected chi connectivity index (χ3v) is 5.92. The van der Waals surface area contributed by atoms with Crippen LogP contribution in [0.1, 0.15) is 0 Å². The Kier molecular flexibility index (Phi) is 3.73. The zero-order chi connectivity index (χ0) is 15.0. The van der Waals surface area contributed by atoms with Gasteiger partial charge >= 0.3 is 0 Å². The van der Waals surface area contributed by atoms with Crippen LogP contribution in [0.15, 0.2) is 47.4 Å². The van der Waals surface area contributed by atoms with Crippen molar-refractivity contribution in [2.45, 2.75) is 4.90 Å². The fraction of sp³-hybridized carbons (Fsp3) is 0.143. The second-order valence-corrected chi connectivity index (χ2v) is 7.06. The van der Waals surface area contributed by atoms with Crippen LogP contribution in [0.3, 0.4) is 0 Å². The van der Waals surface area contributed by atoms with Crippen LogP contribution in [0.5, 0.6) is 5.75 Å². The van der Waals surface area contributed by atoms with Crippen molar-refractivity contribution in [3.8, 4) is 5.75 Å². The first-order chi connectivity index (χ1) is 10.0. The molecule has 110 valence electrons. The fourth-order valence-corrected chi connectivity index (χ4v) is 4.79. The van der Waals surface area contributed by atoms with Crippen LogP contribution < -0.4 is 9.04 Å². The van der Waals surface area contributed by atoms with Crippen LogP contribution in [0.4, 0.5) is 5.69 Å². The van der Waals surface area contributed by atoms with Crippen molar-refractivity contribution in [2.24, 2.45) is 0 Å². The zero-order valence-corrected chi connectivity index (χ0v) is 13.1. The van der Waals surface area contributed by atoms with E-state index in [1.165, 1.54) is 16.4 Å². The van der Waals surface area contributed by atoms with Crippen molar-refractivity contribution < 1.29 is 13.2 Å². The third kappa shape index (κ3) is 2.46. The summed E-state index contributed by atoms with van der Waals surface area (Å²) in [7, 11) is -3.85. The molecule has 2 aromatic rings. The van der Waals surface area contributed by atoms with Crippen molar-refractivity contribution in [2.75, 3.05) is 17.5 Å². The van der Waals surface area contributed by atoms with Gasteiger partial charge < -0.3 is 4.74 Å². The lowest BCUT2D eigenvalue weighted by molar-refractivity contribution is 0.316. The topological polar surface area (TPSA) is 46.6 Å². The summed E-state index contributed by atoms with van der Waals surface area (Å²) in [6.07, 6.45) is 0. The molecule has 0 radical (unpaired) electrons. The van der Waals surface area contributed by atoms with Crippen LogP contribution in [0.25, 0.3) is 0 Å². The van der Waals surface area contributed by atoms with E-state index in [0.29, 0.717) is 11.4 Å². The number of para-hydroxylation sites is 2. The van der Waals surface area contributed by atoms with E-state index in [9.17, 15) is 8.42 Å². The number of sulfonamides is 1. The molecule has 0 fully saturated rings. The first kappa shape index (κ1) is 14.5. The summed E-state index contributed by atoms with van der Waals surface area (Å²) in [5.41, 5.74) is 0.486. The van der Waals surface area contributed by atoms with E-state index in [2.05, 4.69) is 0 Å². The highest BCUT2D eigenvalue weighted by atomic mass is 35.5. The van der Waals surface area contributed by atoms with Crippen LogP contribution in [0, 0.1) is 0 Å². The van der Waals surface area contributed by atoms with Gasteiger partial charge in [0.15, 0.2) is 0 Å². The Hall–Kier alpha value is -1.43. The van der Waals surface area contributed by atoms with E-state index in [-0.39, 0.29) is 28.1 Å². The van der Waals surface area contributed by atoms with Crippen LogP contribution in [-0.4, -0.2) is 21.6 Å². The van der Waals surface area contributed by atoms with Gasteiger partial charge in [0.25, 0.3) is 10.0 Å². The van der Waals surface area contributed by atoms with Crippen LogP contribution in [-0.2, 0) is 10.0 Å². The van der Waals surface area contributed by atoms with Gasteiger partial charge in [-0.25, -0.2) is 8.42 Å². The summed E-state index contributed by atoms with van der Waals surface area (Å²) in [5, 5.41) is 0.206. The van der Waals surface area contributed by atoms with Crippen LogP contribution in [0.2, 0.25) is 10.0 Å². The molecule has 0 aromatic heterocycles. The molecule has 0 spiro atoms. The summed E-state index contributed by atoms with van der Waals surface area (Å²) >= 11 is 12.1. The predicted octanol–water partition coefficient (Wildman–Crippen LogP) is 3.58. The molecule has 21 heavy (non-hydrogen) atoms. The molecule has 0 atom stereocenters. The van der Waals surface area contributed by atoms with Gasteiger partial charge in [-0.3, -0.25) is 4.31 Å². The van der Waals surface area contributed by atoms with Gasteiger partial charge in [0.05, 0.1) is 22.3 Å². The van der Waals surface area contributed by atoms with Crippen molar-refractivity contribution >= 4 is 38.9 Å². The van der Waals surface area contributed by atoms with Gasteiger partial charge in [0, 0.05) is 0 Å². The first-order valence-corrected chi connectivity index (χ1v) is 8.40. The highest BCUT2D eigenvalue weighted by Gasteiger charge is 2.32. The minimum atomic E-state index is -3.85. The van der Waals surface area contributed by atoms with E-state index < -0.39 is 10.0 Å². The number of hydrogen-bond acceptors (Lipinski definition) is 3. The maximum atomic E-state index is 12.9. The Balaban J connectivity index is 2.17. The minimum absolute atomic E-state index is 0.0787. The highest BCUT2D eigenvalue weighted by Crippen LogP contribution is 2.38. The van der Waals surface area contributed by atoms with E-state index in [1.54, 1.807) is 30.3 Å². The molecule has 3 rings (SSSR count). The second-order valence-electron chi connectivity index (χ2n) is 4.44. The summed E-state index contributed by atoms with van der Waals surface area (Å²) in [4.78, 5) is -0.0787. The second kappa shape index (κ2) is 5.40. The molecule has 1 aliphatic rings. The Morgan fingerprint density at radius 2 is 1.67 bits per heavy atom. The quantitative estimate of drug-likeness (QED) is 0.837. The lowest BCUT2D eigenvalue weighted by Gasteiger charge is -2.30. The van der Waals surface area contributed by atoms with E-state index in [0.717, 1.165) is 0 Å². The number of ether oxygens (including phenoxy) is 1. The monoisotopic (exact) mass is 343 g/mol. The van der Waals surface area contributed by atoms with E-state index in [4.69, 9.17) is 27.9 Å². The average molecular weight is 344 g/mol. The number of fused-ring (bicyclic) bond motifs is 1. The molecule has 0 saturated carbocycles. The standard InChI is InChI=1S/C14H11Cl2NO3S/c15-10-4-3-5-11(16)14(10)21(18,19)17-8-9-20-13-7-2-1-6-12(13)17/h1-7H,8-9H2. The average Bonchev–Trinajstić information content (AvgIpc) is 2.46. The molecule has 0 unspecified atom stereocenters. The number of nitrogens with zero attached hydrogens (tertiary/aromatic N) is 1. The fourth-order valence-electron chi connectivity index (χ4n) is 2.23. The Bertz CT molecular complexity index is 772. The molecule has 2 aromatic carbocycles. The Labute approximate surface area is 132 Å². The largest absolute Gasteiger partial charge is 0.489 e. The number of anilines is 1. The van der Waals surface area contributed by atoms with Gasteiger partial charge in [-0.15, -0.1) is 0 Å². The van der Waals surface area contributed by atoms with E-state index >= 15 is 0 Å². The molecule has 0 N–H and O–H groups in total. The molecule has 1 heterocycles. The van der Waals surface area contributed by atoms with Gasteiger partial charge in [-0.05, 0) is 24.3 Å². The van der Waals surface area contributed by atoms with Crippen molar-refractivity contribution in [1.82, 2.24) is 0 Å². The Morgan fingerprint density at radius 1 is 1.00 bits per heavy atom. The molecule has 7 heteroatoms. The number of hydrogen-bond donors (Lipinski definition) is 0. The van der Waals surface area contributed by atoms with Crippen molar-refractivity contribution in [3.63, 3.8) is 0 Å². The summed E-state index contributed by atoms with van der Waals surface area (Å²) in [6, 6.07) is 11.6. The predicted molar refractivity (Wildman–Crippen MR) is 82.9 cm³/mol. The first-order valence-electron chi connectivity index (χ1n) is 6.20.